The first-order chi connectivity index (χ1) is 9.80. The maximum Gasteiger partial charge on any atom is 0.119 e. The average Bonchev–Trinajstić information content (AvgIpc) is 2.94. The predicted octanol–water partition coefficient (Wildman–Crippen LogP) is 2.81. The smallest absolute Gasteiger partial charge is 0.119 e. The van der Waals surface area contributed by atoms with Crippen LogP contribution < -0.4 is 4.74 Å². The number of hydrogen-bond donors (Lipinski definition) is 1. The molecule has 1 N–H and O–H groups in total. The van der Waals surface area contributed by atoms with Crippen molar-refractivity contribution >= 4 is 10.8 Å². The Hall–Kier alpha value is -1.58. The van der Waals surface area contributed by atoms with Gasteiger partial charge in [0.05, 0.1) is 13.7 Å². The van der Waals surface area contributed by atoms with Gasteiger partial charge in [-0.2, -0.15) is 0 Å². The predicted molar refractivity (Wildman–Crippen MR) is 81.0 cm³/mol. The molecule has 0 aromatic heterocycles. The van der Waals surface area contributed by atoms with Gasteiger partial charge in [0, 0.05) is 12.6 Å². The summed E-state index contributed by atoms with van der Waals surface area (Å²) in [4.78, 5) is 2.38. The van der Waals surface area contributed by atoms with Crippen molar-refractivity contribution in [1.29, 1.82) is 0 Å². The van der Waals surface area contributed by atoms with E-state index in [2.05, 4.69) is 35.2 Å². The van der Waals surface area contributed by atoms with Gasteiger partial charge in [0.15, 0.2) is 0 Å². The third-order valence-electron chi connectivity index (χ3n) is 4.21. The highest BCUT2D eigenvalue weighted by molar-refractivity contribution is 5.84. The first-order valence-corrected chi connectivity index (χ1v) is 7.22. The first kappa shape index (κ1) is 13.4. The minimum Gasteiger partial charge on any atom is -0.497 e. The highest BCUT2D eigenvalue weighted by atomic mass is 16.5. The SMILES string of the molecule is COc1ccc2cc(CN3CCC[C@@H]3CO)ccc2c1. The molecule has 1 aliphatic rings. The number of likely N-dealkylation sites (tertiary alicyclic amines) is 1. The van der Waals surface area contributed by atoms with Gasteiger partial charge < -0.3 is 9.84 Å². The molecule has 1 saturated heterocycles. The molecule has 0 spiro atoms. The molecular formula is C17H21NO2. The molecule has 0 saturated carbocycles. The summed E-state index contributed by atoms with van der Waals surface area (Å²) in [6, 6.07) is 13.1. The summed E-state index contributed by atoms with van der Waals surface area (Å²) >= 11 is 0. The highest BCUT2D eigenvalue weighted by Crippen LogP contribution is 2.24. The molecular weight excluding hydrogens is 250 g/mol. The van der Waals surface area contributed by atoms with Crippen LogP contribution in [0.25, 0.3) is 10.8 Å². The normalized spacial score (nSPS) is 19.6. The van der Waals surface area contributed by atoms with Crippen molar-refractivity contribution in [3.05, 3.63) is 42.0 Å². The molecule has 0 aliphatic carbocycles. The summed E-state index contributed by atoms with van der Waals surface area (Å²) in [5.41, 5.74) is 1.31. The summed E-state index contributed by atoms with van der Waals surface area (Å²) in [7, 11) is 1.69. The second-order valence-corrected chi connectivity index (χ2v) is 5.50. The molecule has 0 amide bonds. The summed E-state index contributed by atoms with van der Waals surface area (Å²) in [6.07, 6.45) is 2.30. The van der Waals surface area contributed by atoms with Crippen LogP contribution in [-0.4, -0.2) is 36.3 Å². The van der Waals surface area contributed by atoms with Gasteiger partial charge >= 0.3 is 0 Å². The van der Waals surface area contributed by atoms with Crippen molar-refractivity contribution in [1.82, 2.24) is 4.90 Å². The Morgan fingerprint density at radius 3 is 2.80 bits per heavy atom. The number of rotatable bonds is 4. The maximum absolute atomic E-state index is 9.39. The van der Waals surface area contributed by atoms with Crippen LogP contribution in [0.15, 0.2) is 36.4 Å². The minimum absolute atomic E-state index is 0.269. The molecule has 1 heterocycles. The molecule has 3 heteroatoms. The van der Waals surface area contributed by atoms with Crippen LogP contribution in [-0.2, 0) is 6.54 Å². The van der Waals surface area contributed by atoms with Gasteiger partial charge in [-0.05, 0) is 53.9 Å². The maximum atomic E-state index is 9.39. The van der Waals surface area contributed by atoms with Crippen molar-refractivity contribution in [2.24, 2.45) is 0 Å². The highest BCUT2D eigenvalue weighted by Gasteiger charge is 2.23. The number of hydrogen-bond acceptors (Lipinski definition) is 3. The van der Waals surface area contributed by atoms with Gasteiger partial charge in [-0.25, -0.2) is 0 Å². The van der Waals surface area contributed by atoms with Gasteiger partial charge in [0.25, 0.3) is 0 Å². The third-order valence-corrected chi connectivity index (χ3v) is 4.21. The van der Waals surface area contributed by atoms with Gasteiger partial charge in [0.1, 0.15) is 5.75 Å². The second kappa shape index (κ2) is 5.81. The summed E-state index contributed by atoms with van der Waals surface area (Å²) < 4.78 is 5.25. The molecule has 0 unspecified atom stereocenters. The zero-order chi connectivity index (χ0) is 13.9. The van der Waals surface area contributed by atoms with Crippen LogP contribution in [0.1, 0.15) is 18.4 Å². The molecule has 3 nitrogen and oxygen atoms in total. The van der Waals surface area contributed by atoms with Crippen LogP contribution in [0, 0.1) is 0 Å². The molecule has 2 aromatic rings. The van der Waals surface area contributed by atoms with E-state index in [1.54, 1.807) is 7.11 Å². The second-order valence-electron chi connectivity index (χ2n) is 5.50. The zero-order valence-corrected chi connectivity index (χ0v) is 11.9. The summed E-state index contributed by atoms with van der Waals surface area (Å²) in [6.45, 7) is 2.28. The number of benzene rings is 2. The van der Waals surface area contributed by atoms with Crippen LogP contribution in [0.2, 0.25) is 0 Å². The molecule has 0 radical (unpaired) electrons. The molecule has 20 heavy (non-hydrogen) atoms. The van der Waals surface area contributed by atoms with Crippen LogP contribution in [0.3, 0.4) is 0 Å². The van der Waals surface area contributed by atoms with Gasteiger partial charge in [-0.15, -0.1) is 0 Å². The largest absolute Gasteiger partial charge is 0.497 e. The molecule has 0 bridgehead atoms. The van der Waals surface area contributed by atoms with E-state index in [0.717, 1.165) is 25.3 Å². The van der Waals surface area contributed by atoms with Crippen molar-refractivity contribution in [3.8, 4) is 5.75 Å². The fourth-order valence-electron chi connectivity index (χ4n) is 3.04. The number of aliphatic hydroxyl groups is 1. The molecule has 106 valence electrons. The Morgan fingerprint density at radius 1 is 1.20 bits per heavy atom. The first-order valence-electron chi connectivity index (χ1n) is 7.22. The summed E-state index contributed by atoms with van der Waals surface area (Å²) in [5.74, 6) is 0.894. The van der Waals surface area contributed by atoms with E-state index < -0.39 is 0 Å². The monoisotopic (exact) mass is 271 g/mol. The van der Waals surface area contributed by atoms with Crippen LogP contribution in [0.5, 0.6) is 5.75 Å². The van der Waals surface area contributed by atoms with Gasteiger partial charge in [0.2, 0.25) is 0 Å². The summed E-state index contributed by atoms with van der Waals surface area (Å²) in [5, 5.41) is 11.8. The van der Waals surface area contributed by atoms with Crippen LogP contribution >= 0.6 is 0 Å². The van der Waals surface area contributed by atoms with E-state index in [0.29, 0.717) is 6.04 Å². The minimum atomic E-state index is 0.269. The quantitative estimate of drug-likeness (QED) is 0.928. The molecule has 1 atom stereocenters. The third kappa shape index (κ3) is 2.65. The fourth-order valence-corrected chi connectivity index (χ4v) is 3.04. The van der Waals surface area contributed by atoms with Crippen molar-refractivity contribution in [3.63, 3.8) is 0 Å². The number of nitrogens with zero attached hydrogens (tertiary/aromatic N) is 1. The van der Waals surface area contributed by atoms with E-state index in [-0.39, 0.29) is 6.61 Å². The average molecular weight is 271 g/mol. The topological polar surface area (TPSA) is 32.7 Å². The van der Waals surface area contributed by atoms with E-state index in [4.69, 9.17) is 4.74 Å². The van der Waals surface area contributed by atoms with Crippen molar-refractivity contribution < 1.29 is 9.84 Å². The van der Waals surface area contributed by atoms with Crippen molar-refractivity contribution in [2.45, 2.75) is 25.4 Å². The lowest BCUT2D eigenvalue weighted by Crippen LogP contribution is -2.31. The Morgan fingerprint density at radius 2 is 2.00 bits per heavy atom. The number of fused-ring (bicyclic) bond motifs is 1. The Balaban J connectivity index is 1.82. The lowest BCUT2D eigenvalue weighted by atomic mass is 10.1. The van der Waals surface area contributed by atoms with E-state index >= 15 is 0 Å². The molecule has 1 fully saturated rings. The van der Waals surface area contributed by atoms with Crippen LogP contribution in [0.4, 0.5) is 0 Å². The number of ether oxygens (including phenoxy) is 1. The fraction of sp³-hybridized carbons (Fsp3) is 0.412. The van der Waals surface area contributed by atoms with E-state index in [1.165, 1.54) is 22.8 Å². The van der Waals surface area contributed by atoms with Crippen molar-refractivity contribution in [2.75, 3.05) is 20.3 Å². The lowest BCUT2D eigenvalue weighted by molar-refractivity contribution is 0.153. The molecule has 1 aliphatic heterocycles. The zero-order valence-electron chi connectivity index (χ0n) is 11.9. The number of aliphatic hydroxyl groups excluding tert-OH is 1. The van der Waals surface area contributed by atoms with E-state index in [9.17, 15) is 5.11 Å². The van der Waals surface area contributed by atoms with Gasteiger partial charge in [-0.3, -0.25) is 4.90 Å². The number of methoxy groups -OCH3 is 1. The van der Waals surface area contributed by atoms with E-state index in [1.807, 2.05) is 6.07 Å². The Kier molecular flexibility index (Phi) is 3.90. The molecule has 3 rings (SSSR count). The van der Waals surface area contributed by atoms with Gasteiger partial charge in [-0.1, -0.05) is 18.2 Å². The Labute approximate surface area is 119 Å². The standard InChI is InChI=1S/C17H21NO2/c1-20-17-7-6-14-9-13(4-5-15(14)10-17)11-18-8-2-3-16(18)12-19/h4-7,9-10,16,19H,2-3,8,11-12H2,1H3/t16-/m1/s1. The Bertz CT molecular complexity index is 597. The lowest BCUT2D eigenvalue weighted by Gasteiger charge is -2.22. The molecule has 2 aromatic carbocycles.